The lowest BCUT2D eigenvalue weighted by atomic mass is 10.3. The molecule has 6 nitrogen and oxygen atoms in total. The van der Waals surface area contributed by atoms with Crippen molar-refractivity contribution in [2.75, 3.05) is 36.4 Å². The fraction of sp³-hybridized carbons (Fsp3) is 0.267. The van der Waals surface area contributed by atoms with E-state index in [2.05, 4.69) is 41.4 Å². The zero-order chi connectivity index (χ0) is 15.4. The lowest BCUT2D eigenvalue weighted by Crippen LogP contribution is -2.43. The second-order valence-corrected chi connectivity index (χ2v) is 5.87. The molecule has 0 bridgehead atoms. The van der Waals surface area contributed by atoms with Gasteiger partial charge in [-0.3, -0.25) is 4.79 Å². The van der Waals surface area contributed by atoms with E-state index in [0.29, 0.717) is 11.5 Å². The topological polar surface area (TPSA) is 70.2 Å². The van der Waals surface area contributed by atoms with Gasteiger partial charge >= 0.3 is 0 Å². The quantitative estimate of drug-likeness (QED) is 0.777. The second kappa shape index (κ2) is 9.78. The summed E-state index contributed by atoms with van der Waals surface area (Å²) in [5.41, 5.74) is 1.43. The first kappa shape index (κ1) is 20.6. The molecule has 2 N–H and O–H groups in total. The Balaban J connectivity index is 0.00000144. The van der Waals surface area contributed by atoms with Crippen molar-refractivity contribution in [3.8, 4) is 0 Å². The van der Waals surface area contributed by atoms with E-state index in [9.17, 15) is 4.79 Å². The Labute approximate surface area is 161 Å². The third kappa shape index (κ3) is 5.31. The summed E-state index contributed by atoms with van der Waals surface area (Å²) in [7, 11) is 0. The molecule has 130 valence electrons. The van der Waals surface area contributed by atoms with E-state index in [1.807, 2.05) is 12.1 Å². The molecule has 1 amide bonds. The van der Waals surface area contributed by atoms with E-state index in [-0.39, 0.29) is 30.7 Å². The number of halogens is 3. The normalized spacial score (nSPS) is 13.5. The van der Waals surface area contributed by atoms with Gasteiger partial charge in [-0.2, -0.15) is 0 Å². The molecule has 0 atom stereocenters. The van der Waals surface area contributed by atoms with E-state index in [4.69, 9.17) is 0 Å². The van der Waals surface area contributed by atoms with Gasteiger partial charge in [0, 0.05) is 36.8 Å². The minimum absolute atomic E-state index is 0. The molecule has 1 fully saturated rings. The van der Waals surface area contributed by atoms with Gasteiger partial charge in [-0.25, -0.2) is 9.97 Å². The summed E-state index contributed by atoms with van der Waals surface area (Å²) in [5, 5.41) is 6.06. The summed E-state index contributed by atoms with van der Waals surface area (Å²) in [6.45, 7) is 3.90. The molecule has 3 heterocycles. The van der Waals surface area contributed by atoms with Crippen LogP contribution in [0.5, 0.6) is 0 Å². The molecule has 3 rings (SSSR count). The van der Waals surface area contributed by atoms with Gasteiger partial charge in [0.2, 0.25) is 0 Å². The van der Waals surface area contributed by atoms with E-state index in [0.717, 1.165) is 36.3 Å². The van der Waals surface area contributed by atoms with Crippen LogP contribution in [-0.2, 0) is 0 Å². The lowest BCUT2D eigenvalue weighted by molar-refractivity contribution is 0.102. The van der Waals surface area contributed by atoms with Crippen LogP contribution in [0.3, 0.4) is 0 Å². The van der Waals surface area contributed by atoms with Crippen molar-refractivity contribution in [3.05, 3.63) is 46.8 Å². The molecular formula is C15H18BrCl2N5O. The predicted molar refractivity (Wildman–Crippen MR) is 104 cm³/mol. The molecule has 0 aromatic carbocycles. The molecule has 1 aliphatic heterocycles. The Hall–Kier alpha value is -1.41. The van der Waals surface area contributed by atoms with Gasteiger partial charge in [0.15, 0.2) is 0 Å². The summed E-state index contributed by atoms with van der Waals surface area (Å²) in [6.07, 6.45) is 3.38. The number of piperazine rings is 1. The molecule has 0 unspecified atom stereocenters. The van der Waals surface area contributed by atoms with Crippen LogP contribution in [-0.4, -0.2) is 42.1 Å². The smallest absolute Gasteiger partial charge is 0.275 e. The van der Waals surface area contributed by atoms with E-state index >= 15 is 0 Å². The van der Waals surface area contributed by atoms with Crippen LogP contribution in [0.2, 0.25) is 0 Å². The third-order valence-corrected chi connectivity index (χ3v) is 3.90. The van der Waals surface area contributed by atoms with Gasteiger partial charge in [-0.15, -0.1) is 24.8 Å². The highest BCUT2D eigenvalue weighted by Crippen LogP contribution is 2.16. The van der Waals surface area contributed by atoms with E-state index < -0.39 is 0 Å². The van der Waals surface area contributed by atoms with Crippen molar-refractivity contribution in [3.63, 3.8) is 0 Å². The van der Waals surface area contributed by atoms with Crippen LogP contribution in [0.1, 0.15) is 10.5 Å². The van der Waals surface area contributed by atoms with Gasteiger partial charge in [0.05, 0.1) is 11.9 Å². The fourth-order valence-electron chi connectivity index (χ4n) is 2.26. The SMILES string of the molecule is Cl.Cl.O=C(Nc1ccc(N2CCNCC2)cn1)c1ccc(Br)cn1. The number of rotatable bonds is 3. The van der Waals surface area contributed by atoms with E-state index in [1.165, 1.54) is 0 Å². The van der Waals surface area contributed by atoms with Crippen molar-refractivity contribution in [2.24, 2.45) is 0 Å². The first-order valence-corrected chi connectivity index (χ1v) is 7.86. The Morgan fingerprint density at radius 3 is 2.42 bits per heavy atom. The number of nitrogens with one attached hydrogen (secondary N) is 2. The summed E-state index contributed by atoms with van der Waals surface area (Å²) in [6, 6.07) is 7.23. The van der Waals surface area contributed by atoms with Gasteiger partial charge < -0.3 is 15.5 Å². The summed E-state index contributed by atoms with van der Waals surface area (Å²) < 4.78 is 0.836. The largest absolute Gasteiger partial charge is 0.368 e. The number of amides is 1. The minimum Gasteiger partial charge on any atom is -0.368 e. The summed E-state index contributed by atoms with van der Waals surface area (Å²) >= 11 is 3.29. The monoisotopic (exact) mass is 433 g/mol. The van der Waals surface area contributed by atoms with Crippen LogP contribution in [0.4, 0.5) is 11.5 Å². The molecule has 0 spiro atoms. The van der Waals surface area contributed by atoms with Gasteiger partial charge in [0.1, 0.15) is 11.5 Å². The number of anilines is 2. The van der Waals surface area contributed by atoms with Crippen molar-refractivity contribution < 1.29 is 4.79 Å². The standard InChI is InChI=1S/C15H16BrN5O.2ClH/c16-11-1-3-13(18-9-11)15(22)20-14-4-2-12(10-19-14)21-7-5-17-6-8-21;;/h1-4,9-10,17H,5-8H2,(H,19,20,22);2*1H. The van der Waals surface area contributed by atoms with Crippen LogP contribution in [0.25, 0.3) is 0 Å². The van der Waals surface area contributed by atoms with Crippen molar-refractivity contribution >= 4 is 58.2 Å². The molecular weight excluding hydrogens is 417 g/mol. The van der Waals surface area contributed by atoms with Crippen LogP contribution in [0, 0.1) is 0 Å². The van der Waals surface area contributed by atoms with Crippen LogP contribution >= 0.6 is 40.7 Å². The molecule has 24 heavy (non-hydrogen) atoms. The highest BCUT2D eigenvalue weighted by molar-refractivity contribution is 9.10. The van der Waals surface area contributed by atoms with Gasteiger partial charge in [-0.05, 0) is 40.2 Å². The Bertz CT molecular complexity index is 648. The molecule has 9 heteroatoms. The number of hydrogen-bond acceptors (Lipinski definition) is 5. The number of hydrogen-bond donors (Lipinski definition) is 2. The summed E-state index contributed by atoms with van der Waals surface area (Å²) in [4.78, 5) is 22.7. The average Bonchev–Trinajstić information content (AvgIpc) is 2.57. The highest BCUT2D eigenvalue weighted by atomic mass is 79.9. The van der Waals surface area contributed by atoms with Crippen molar-refractivity contribution in [1.29, 1.82) is 0 Å². The highest BCUT2D eigenvalue weighted by Gasteiger charge is 2.12. The van der Waals surface area contributed by atoms with Crippen molar-refractivity contribution in [1.82, 2.24) is 15.3 Å². The first-order valence-electron chi connectivity index (χ1n) is 7.07. The third-order valence-electron chi connectivity index (χ3n) is 3.43. The first-order chi connectivity index (χ1) is 10.7. The molecule has 0 saturated carbocycles. The van der Waals surface area contributed by atoms with Gasteiger partial charge in [0.25, 0.3) is 5.91 Å². The fourth-order valence-corrected chi connectivity index (χ4v) is 2.50. The number of pyridine rings is 2. The van der Waals surface area contributed by atoms with Crippen LogP contribution in [0.15, 0.2) is 41.1 Å². The molecule has 1 saturated heterocycles. The summed E-state index contributed by atoms with van der Waals surface area (Å²) in [5.74, 6) is 0.253. The molecule has 2 aromatic rings. The zero-order valence-corrected chi connectivity index (χ0v) is 16.0. The Morgan fingerprint density at radius 2 is 1.83 bits per heavy atom. The maximum atomic E-state index is 12.1. The maximum absolute atomic E-state index is 12.1. The minimum atomic E-state index is -0.269. The lowest BCUT2D eigenvalue weighted by Gasteiger charge is -2.29. The Morgan fingerprint density at radius 1 is 1.08 bits per heavy atom. The zero-order valence-electron chi connectivity index (χ0n) is 12.7. The molecule has 1 aliphatic rings. The Kier molecular flexibility index (Phi) is 8.41. The van der Waals surface area contributed by atoms with E-state index in [1.54, 1.807) is 24.5 Å². The second-order valence-electron chi connectivity index (χ2n) is 4.95. The van der Waals surface area contributed by atoms with Gasteiger partial charge in [-0.1, -0.05) is 0 Å². The van der Waals surface area contributed by atoms with Crippen LogP contribution < -0.4 is 15.5 Å². The predicted octanol–water partition coefficient (Wildman–Crippen LogP) is 2.74. The number of carbonyl (C=O) groups is 1. The molecule has 0 radical (unpaired) electrons. The average molecular weight is 435 g/mol. The molecule has 2 aromatic heterocycles. The van der Waals surface area contributed by atoms with Crippen molar-refractivity contribution in [2.45, 2.75) is 0 Å². The number of aromatic nitrogens is 2. The number of nitrogens with zero attached hydrogens (tertiary/aromatic N) is 3. The maximum Gasteiger partial charge on any atom is 0.275 e. The molecule has 0 aliphatic carbocycles. The number of carbonyl (C=O) groups excluding carboxylic acids is 1.